The van der Waals surface area contributed by atoms with E-state index in [4.69, 9.17) is 21.1 Å². The molecule has 0 spiro atoms. The van der Waals surface area contributed by atoms with Crippen LogP contribution in [0.25, 0.3) is 0 Å². The summed E-state index contributed by atoms with van der Waals surface area (Å²) < 4.78 is 12.7. The Morgan fingerprint density at radius 1 is 1.17 bits per heavy atom. The van der Waals surface area contributed by atoms with Crippen LogP contribution in [0.3, 0.4) is 0 Å². The molecule has 0 atom stereocenters. The second-order valence-corrected chi connectivity index (χ2v) is 7.20. The summed E-state index contributed by atoms with van der Waals surface area (Å²) in [4.78, 5) is 0. The van der Waals surface area contributed by atoms with Crippen LogP contribution in [-0.2, 0) is 13.2 Å². The molecule has 1 fully saturated rings. The van der Waals surface area contributed by atoms with Crippen molar-refractivity contribution in [1.29, 1.82) is 0 Å². The van der Waals surface area contributed by atoms with Crippen LogP contribution in [0.2, 0.25) is 5.02 Å². The van der Waals surface area contributed by atoms with E-state index in [1.807, 2.05) is 31.2 Å². The van der Waals surface area contributed by atoms with Crippen molar-refractivity contribution in [3.63, 3.8) is 0 Å². The van der Waals surface area contributed by atoms with Gasteiger partial charge in [-0.15, -0.1) is 0 Å². The van der Waals surface area contributed by atoms with E-state index in [2.05, 4.69) is 33.4 Å². The first-order valence-corrected chi connectivity index (χ1v) is 9.38. The SMILES string of the molecule is CCOc1cc(CNC2CC2)cc(Br)c1OCc1cccc(Cl)c1. The summed E-state index contributed by atoms with van der Waals surface area (Å²) in [7, 11) is 0. The van der Waals surface area contributed by atoms with Gasteiger partial charge >= 0.3 is 0 Å². The van der Waals surface area contributed by atoms with E-state index < -0.39 is 0 Å². The van der Waals surface area contributed by atoms with Gasteiger partial charge in [-0.2, -0.15) is 0 Å². The van der Waals surface area contributed by atoms with Crippen LogP contribution in [0.5, 0.6) is 11.5 Å². The first-order valence-electron chi connectivity index (χ1n) is 8.21. The van der Waals surface area contributed by atoms with Gasteiger partial charge in [0.25, 0.3) is 0 Å². The highest BCUT2D eigenvalue weighted by molar-refractivity contribution is 9.10. The third-order valence-corrected chi connectivity index (χ3v) is 4.64. The molecule has 0 unspecified atom stereocenters. The predicted molar refractivity (Wildman–Crippen MR) is 101 cm³/mol. The normalized spacial score (nSPS) is 13.8. The fourth-order valence-electron chi connectivity index (χ4n) is 2.46. The Kier molecular flexibility index (Phi) is 6.04. The molecule has 0 radical (unpaired) electrons. The van der Waals surface area contributed by atoms with E-state index in [9.17, 15) is 0 Å². The number of benzene rings is 2. The minimum absolute atomic E-state index is 0.443. The zero-order chi connectivity index (χ0) is 16.9. The molecule has 0 bridgehead atoms. The van der Waals surface area contributed by atoms with Crippen LogP contribution >= 0.6 is 27.5 Å². The van der Waals surface area contributed by atoms with Gasteiger partial charge in [0.15, 0.2) is 11.5 Å². The Bertz CT molecular complexity index is 704. The maximum absolute atomic E-state index is 6.03. The summed E-state index contributed by atoms with van der Waals surface area (Å²) in [5.41, 5.74) is 2.21. The molecule has 24 heavy (non-hydrogen) atoms. The fraction of sp³-hybridized carbons (Fsp3) is 0.368. The molecule has 2 aromatic carbocycles. The van der Waals surface area contributed by atoms with Gasteiger partial charge in [-0.25, -0.2) is 0 Å². The molecule has 2 aromatic rings. The van der Waals surface area contributed by atoms with E-state index in [0.29, 0.717) is 24.3 Å². The number of hydrogen-bond donors (Lipinski definition) is 1. The quantitative estimate of drug-likeness (QED) is 0.638. The highest BCUT2D eigenvalue weighted by Crippen LogP contribution is 2.37. The molecule has 0 heterocycles. The minimum Gasteiger partial charge on any atom is -0.490 e. The van der Waals surface area contributed by atoms with Crippen LogP contribution < -0.4 is 14.8 Å². The standard InChI is InChI=1S/C19H21BrClNO2/c1-2-23-18-10-14(11-22-16-6-7-16)9-17(20)19(18)24-12-13-4-3-5-15(21)8-13/h3-5,8-10,16,22H,2,6-7,11-12H2,1H3. The number of rotatable bonds is 8. The number of nitrogens with one attached hydrogen (secondary N) is 1. The Morgan fingerprint density at radius 3 is 2.71 bits per heavy atom. The summed E-state index contributed by atoms with van der Waals surface area (Å²) in [5, 5.41) is 4.23. The molecule has 3 nitrogen and oxygen atoms in total. The van der Waals surface area contributed by atoms with Gasteiger partial charge in [0.2, 0.25) is 0 Å². The number of halogens is 2. The van der Waals surface area contributed by atoms with Crippen molar-refractivity contribution >= 4 is 27.5 Å². The van der Waals surface area contributed by atoms with E-state index in [-0.39, 0.29) is 0 Å². The molecular formula is C19H21BrClNO2. The lowest BCUT2D eigenvalue weighted by Crippen LogP contribution is -2.15. The number of ether oxygens (including phenoxy) is 2. The van der Waals surface area contributed by atoms with Crippen molar-refractivity contribution in [2.45, 2.75) is 39.0 Å². The van der Waals surface area contributed by atoms with Gasteiger partial charge in [0.1, 0.15) is 6.61 Å². The van der Waals surface area contributed by atoms with Gasteiger partial charge in [-0.05, 0) is 71.1 Å². The molecular weight excluding hydrogens is 390 g/mol. The minimum atomic E-state index is 0.443. The summed E-state index contributed by atoms with van der Waals surface area (Å²) in [6, 6.07) is 12.5. The van der Waals surface area contributed by atoms with Crippen LogP contribution in [0, 0.1) is 0 Å². The third-order valence-electron chi connectivity index (χ3n) is 3.81. The van der Waals surface area contributed by atoms with Crippen LogP contribution in [0.15, 0.2) is 40.9 Å². The summed E-state index contributed by atoms with van der Waals surface area (Å²) in [6.07, 6.45) is 2.56. The molecule has 1 saturated carbocycles. The van der Waals surface area contributed by atoms with Gasteiger partial charge in [-0.1, -0.05) is 23.7 Å². The number of hydrogen-bond acceptors (Lipinski definition) is 3. The summed E-state index contributed by atoms with van der Waals surface area (Å²) in [6.45, 7) is 3.86. The third kappa shape index (κ3) is 4.88. The van der Waals surface area contributed by atoms with Gasteiger partial charge < -0.3 is 14.8 Å². The Morgan fingerprint density at radius 2 is 2.00 bits per heavy atom. The molecule has 1 aliphatic carbocycles. The first-order chi connectivity index (χ1) is 11.7. The Labute approximate surface area is 156 Å². The molecule has 0 aliphatic heterocycles. The average molecular weight is 411 g/mol. The summed E-state index contributed by atoms with van der Waals surface area (Å²) >= 11 is 9.65. The second kappa shape index (κ2) is 8.24. The predicted octanol–water partition coefficient (Wildman–Crippen LogP) is 5.33. The topological polar surface area (TPSA) is 30.5 Å². The highest BCUT2D eigenvalue weighted by Gasteiger charge is 2.20. The zero-order valence-electron chi connectivity index (χ0n) is 13.6. The van der Waals surface area contributed by atoms with Gasteiger partial charge in [-0.3, -0.25) is 0 Å². The van der Waals surface area contributed by atoms with Crippen LogP contribution in [0.1, 0.15) is 30.9 Å². The van der Waals surface area contributed by atoms with E-state index in [0.717, 1.165) is 28.1 Å². The molecule has 0 aromatic heterocycles. The van der Waals surface area contributed by atoms with Crippen LogP contribution in [-0.4, -0.2) is 12.6 Å². The van der Waals surface area contributed by atoms with Crippen molar-refractivity contribution in [2.75, 3.05) is 6.61 Å². The van der Waals surface area contributed by atoms with E-state index in [1.165, 1.54) is 18.4 Å². The fourth-order valence-corrected chi connectivity index (χ4v) is 3.28. The molecule has 1 aliphatic rings. The first kappa shape index (κ1) is 17.6. The molecule has 0 amide bonds. The van der Waals surface area contributed by atoms with E-state index in [1.54, 1.807) is 0 Å². The Hall–Kier alpha value is -1.23. The lowest BCUT2D eigenvalue weighted by Gasteiger charge is -2.16. The monoisotopic (exact) mass is 409 g/mol. The van der Waals surface area contributed by atoms with Gasteiger partial charge in [0, 0.05) is 17.6 Å². The maximum atomic E-state index is 6.03. The van der Waals surface area contributed by atoms with Gasteiger partial charge in [0.05, 0.1) is 11.1 Å². The van der Waals surface area contributed by atoms with Crippen molar-refractivity contribution < 1.29 is 9.47 Å². The summed E-state index contributed by atoms with van der Waals surface area (Å²) in [5.74, 6) is 1.49. The lowest BCUT2D eigenvalue weighted by molar-refractivity contribution is 0.267. The van der Waals surface area contributed by atoms with Crippen molar-refractivity contribution in [3.05, 3.63) is 57.0 Å². The van der Waals surface area contributed by atoms with Crippen molar-refractivity contribution in [2.24, 2.45) is 0 Å². The Balaban J connectivity index is 1.74. The largest absolute Gasteiger partial charge is 0.490 e. The van der Waals surface area contributed by atoms with E-state index >= 15 is 0 Å². The average Bonchev–Trinajstić information content (AvgIpc) is 3.37. The smallest absolute Gasteiger partial charge is 0.175 e. The van der Waals surface area contributed by atoms with Crippen LogP contribution in [0.4, 0.5) is 0 Å². The molecule has 5 heteroatoms. The molecule has 0 saturated heterocycles. The second-order valence-electron chi connectivity index (χ2n) is 5.91. The lowest BCUT2D eigenvalue weighted by atomic mass is 10.2. The molecule has 3 rings (SSSR count). The zero-order valence-corrected chi connectivity index (χ0v) is 16.0. The molecule has 128 valence electrons. The molecule has 1 N–H and O–H groups in total. The maximum Gasteiger partial charge on any atom is 0.175 e. The van der Waals surface area contributed by atoms with Crippen molar-refractivity contribution in [3.8, 4) is 11.5 Å². The van der Waals surface area contributed by atoms with Crippen molar-refractivity contribution in [1.82, 2.24) is 5.32 Å². The highest BCUT2D eigenvalue weighted by atomic mass is 79.9.